The minimum absolute atomic E-state index is 0.719. The maximum Gasteiger partial charge on any atom is 0.508 e. The molecule has 1 aromatic heterocycles. The molecule has 1 aromatic rings. The molecule has 3 rings (SSSR count). The summed E-state index contributed by atoms with van der Waals surface area (Å²) in [6.45, 7) is -0.890. The average molecular weight is 623 g/mol. The van der Waals surface area contributed by atoms with Crippen LogP contribution in [0.25, 0.3) is 0 Å². The topological polar surface area (TPSA) is 315 Å². The van der Waals surface area contributed by atoms with Gasteiger partial charge in [-0.25, -0.2) is 13.9 Å². The Kier molecular flexibility index (Phi) is 10.6. The number of amides is 1. The molecule has 5 unspecified atom stereocenters. The maximum atomic E-state index is 12.2. The number of rotatable bonds is 11. The Hall–Kier alpha value is -1.91. The second-order valence-electron chi connectivity index (χ2n) is 8.48. The molecular weight excluding hydrogens is 596 g/mol. The van der Waals surface area contributed by atoms with E-state index in [1.54, 1.807) is 0 Å². The summed E-state index contributed by atoms with van der Waals surface area (Å²) in [6, 6.07) is -0.684. The maximum absolute atomic E-state index is 12.2. The van der Waals surface area contributed by atoms with Gasteiger partial charge in [-0.1, -0.05) is 0 Å². The van der Waals surface area contributed by atoms with Crippen LogP contribution in [0.4, 0.5) is 0 Å². The van der Waals surface area contributed by atoms with Crippen LogP contribution >= 0.6 is 15.6 Å². The average Bonchev–Trinajstić information content (AvgIpc) is 3.13. The molecular formula is C17H27N3O18P2. The lowest BCUT2D eigenvalue weighted by Gasteiger charge is -2.41. The van der Waals surface area contributed by atoms with Gasteiger partial charge in [-0.3, -0.25) is 23.7 Å². The van der Waals surface area contributed by atoms with Gasteiger partial charge >= 0.3 is 21.3 Å². The first kappa shape index (κ1) is 32.6. The number of phosphoric acid groups is 2. The molecule has 1 amide bonds. The SMILES string of the molecule is CC(=O)NC1C(O)[C@@H](O)C(CO)O[C@@H]1OOP(=O)(O)OP(=O)(O)OC[C@@H]1O[C@H](n2ccc(=O)[nH]c2=O)[C@@H](O)[C@H]1O. The first-order chi connectivity index (χ1) is 18.5. The van der Waals surface area contributed by atoms with E-state index in [9.17, 15) is 58.8 Å². The van der Waals surface area contributed by atoms with Gasteiger partial charge < -0.3 is 50.1 Å². The lowest BCUT2D eigenvalue weighted by atomic mass is 9.97. The molecule has 2 saturated heterocycles. The lowest BCUT2D eigenvalue weighted by molar-refractivity contribution is -0.373. The minimum Gasteiger partial charge on any atom is -0.394 e. The van der Waals surface area contributed by atoms with Crippen LogP contribution in [0.3, 0.4) is 0 Å². The van der Waals surface area contributed by atoms with Gasteiger partial charge in [0.2, 0.25) is 12.2 Å². The summed E-state index contributed by atoms with van der Waals surface area (Å²) in [5.74, 6) is -0.762. The zero-order chi connectivity index (χ0) is 30.0. The monoisotopic (exact) mass is 623 g/mol. The Morgan fingerprint density at radius 1 is 1.05 bits per heavy atom. The third kappa shape index (κ3) is 7.88. The number of aromatic nitrogens is 2. The van der Waals surface area contributed by atoms with Crippen LogP contribution in [-0.4, -0.2) is 113 Å². The molecule has 228 valence electrons. The van der Waals surface area contributed by atoms with Crippen LogP contribution < -0.4 is 16.6 Å². The van der Waals surface area contributed by atoms with E-state index in [-0.39, 0.29) is 0 Å². The number of aromatic amines is 1. The number of carbonyl (C=O) groups is 1. The second kappa shape index (κ2) is 12.9. The Labute approximate surface area is 222 Å². The number of aliphatic hydroxyl groups excluding tert-OH is 5. The fourth-order valence-electron chi connectivity index (χ4n) is 3.71. The van der Waals surface area contributed by atoms with Gasteiger partial charge in [-0.2, -0.15) is 9.20 Å². The number of H-pyrrole nitrogens is 1. The third-order valence-corrected chi connectivity index (χ3v) is 7.95. The first-order valence-electron chi connectivity index (χ1n) is 11.1. The zero-order valence-corrected chi connectivity index (χ0v) is 22.0. The Balaban J connectivity index is 1.60. The van der Waals surface area contributed by atoms with Crippen molar-refractivity contribution in [2.75, 3.05) is 13.2 Å². The van der Waals surface area contributed by atoms with Crippen molar-refractivity contribution in [3.05, 3.63) is 33.1 Å². The number of hydrogen-bond donors (Lipinski definition) is 9. The van der Waals surface area contributed by atoms with E-state index >= 15 is 0 Å². The highest BCUT2D eigenvalue weighted by molar-refractivity contribution is 7.61. The highest BCUT2D eigenvalue weighted by Gasteiger charge is 2.49. The molecule has 40 heavy (non-hydrogen) atoms. The molecule has 0 radical (unpaired) electrons. The summed E-state index contributed by atoms with van der Waals surface area (Å²) in [7, 11) is -11.2. The van der Waals surface area contributed by atoms with Gasteiger partial charge in [0.15, 0.2) is 6.23 Å². The van der Waals surface area contributed by atoms with E-state index in [0.717, 1.165) is 23.8 Å². The van der Waals surface area contributed by atoms with E-state index in [1.807, 2.05) is 4.98 Å². The van der Waals surface area contributed by atoms with Crippen LogP contribution in [-0.2, 0) is 41.8 Å². The standard InChI is InChI=1S/C17H27N3O18P2/c1-6(22)18-10-13(26)11(24)7(4-21)35-16(10)36-37-40(31,32)38-39(29,30)33-5-8-12(25)14(27)15(34-8)20-3-2-9(23)19-17(20)28/h2-3,7-8,10-16,21,24-27H,4-5H2,1H3,(H,18,22)(H,29,30)(H,31,32)(H,19,23,28)/t7?,8-,10?,11-,12-,13?,14-,15-,16+/m0/s1. The van der Waals surface area contributed by atoms with Crippen LogP contribution in [0, 0.1) is 0 Å². The molecule has 2 fully saturated rings. The van der Waals surface area contributed by atoms with Crippen LogP contribution in [0.5, 0.6) is 0 Å². The highest BCUT2D eigenvalue weighted by Crippen LogP contribution is 2.61. The lowest BCUT2D eigenvalue weighted by Crippen LogP contribution is -2.64. The van der Waals surface area contributed by atoms with Crippen LogP contribution in [0.1, 0.15) is 13.2 Å². The van der Waals surface area contributed by atoms with Gasteiger partial charge in [-0.05, 0) is 0 Å². The fourth-order valence-corrected chi connectivity index (χ4v) is 5.58. The van der Waals surface area contributed by atoms with Crippen molar-refractivity contribution in [1.82, 2.24) is 14.9 Å². The summed E-state index contributed by atoms with van der Waals surface area (Å²) < 4.78 is 48.2. The van der Waals surface area contributed by atoms with Gasteiger partial charge in [0, 0.05) is 19.2 Å². The zero-order valence-electron chi connectivity index (χ0n) is 20.2. The van der Waals surface area contributed by atoms with Crippen molar-refractivity contribution in [1.29, 1.82) is 0 Å². The molecule has 0 bridgehead atoms. The largest absolute Gasteiger partial charge is 0.508 e. The number of nitrogens with one attached hydrogen (secondary N) is 2. The predicted octanol–water partition coefficient (Wildman–Crippen LogP) is -4.72. The summed E-state index contributed by atoms with van der Waals surface area (Å²) in [5, 5.41) is 51.8. The van der Waals surface area contributed by atoms with Crippen molar-refractivity contribution in [2.45, 2.75) is 62.1 Å². The molecule has 0 aromatic carbocycles. The molecule has 21 nitrogen and oxygen atoms in total. The number of hydrogen-bond acceptors (Lipinski definition) is 16. The first-order valence-corrected chi connectivity index (χ1v) is 14.1. The molecule has 0 aliphatic carbocycles. The third-order valence-electron chi connectivity index (χ3n) is 5.55. The molecule has 9 N–H and O–H groups in total. The number of nitrogens with zero attached hydrogens (tertiary/aromatic N) is 1. The van der Waals surface area contributed by atoms with Gasteiger partial charge in [0.05, 0.1) is 13.2 Å². The van der Waals surface area contributed by atoms with Crippen molar-refractivity contribution in [2.24, 2.45) is 0 Å². The number of aliphatic hydroxyl groups is 5. The van der Waals surface area contributed by atoms with Crippen molar-refractivity contribution >= 4 is 21.6 Å². The van der Waals surface area contributed by atoms with Gasteiger partial charge in [-0.15, -0.1) is 4.67 Å². The normalized spacial score (nSPS) is 35.5. The quantitative estimate of drug-likeness (QED) is 0.0635. The molecule has 3 heterocycles. The summed E-state index contributed by atoms with van der Waals surface area (Å²) in [4.78, 5) is 60.6. The summed E-state index contributed by atoms with van der Waals surface area (Å²) in [6.07, 6.45) is -12.8. The Morgan fingerprint density at radius 3 is 2.30 bits per heavy atom. The van der Waals surface area contributed by atoms with Crippen molar-refractivity contribution in [3.8, 4) is 0 Å². The van der Waals surface area contributed by atoms with E-state index in [4.69, 9.17) is 9.47 Å². The molecule has 2 aliphatic rings. The minimum atomic E-state index is -5.66. The Morgan fingerprint density at radius 2 is 1.70 bits per heavy atom. The van der Waals surface area contributed by atoms with Gasteiger partial charge in [0.1, 0.15) is 42.7 Å². The molecule has 23 heteroatoms. The summed E-state index contributed by atoms with van der Waals surface area (Å²) in [5.41, 5.74) is -1.76. The molecule has 11 atom stereocenters. The number of carbonyl (C=O) groups excluding carboxylic acids is 1. The molecule has 0 saturated carbocycles. The predicted molar refractivity (Wildman–Crippen MR) is 121 cm³/mol. The fraction of sp³-hybridized carbons (Fsp3) is 0.706. The van der Waals surface area contributed by atoms with Crippen molar-refractivity contribution < 1.29 is 77.1 Å². The van der Waals surface area contributed by atoms with E-state index < -0.39 is 101 Å². The second-order valence-corrected chi connectivity index (χ2v) is 11.4. The van der Waals surface area contributed by atoms with E-state index in [1.165, 1.54) is 0 Å². The molecule has 2 aliphatic heterocycles. The Bertz CT molecular complexity index is 1260. The van der Waals surface area contributed by atoms with E-state index in [2.05, 4.69) is 23.7 Å². The summed E-state index contributed by atoms with van der Waals surface area (Å²) >= 11 is 0. The number of ether oxygens (including phenoxy) is 2. The van der Waals surface area contributed by atoms with Crippen LogP contribution in [0.2, 0.25) is 0 Å². The molecule has 0 spiro atoms. The van der Waals surface area contributed by atoms with Crippen LogP contribution in [0.15, 0.2) is 21.9 Å². The van der Waals surface area contributed by atoms with E-state index in [0.29, 0.717) is 0 Å². The van der Waals surface area contributed by atoms with Gasteiger partial charge in [0.25, 0.3) is 5.56 Å². The number of phosphoric ester groups is 1. The smallest absolute Gasteiger partial charge is 0.394 e. The van der Waals surface area contributed by atoms with Crippen molar-refractivity contribution in [3.63, 3.8) is 0 Å². The highest BCUT2D eigenvalue weighted by atomic mass is 31.3.